The average Bonchev–Trinajstić information content (AvgIpc) is 2.92. The molecule has 0 spiro atoms. The molecule has 4 aromatic carbocycles. The van der Waals surface area contributed by atoms with Crippen molar-refractivity contribution < 1.29 is 9.47 Å². The fourth-order valence-electron chi connectivity index (χ4n) is 5.08. The van der Waals surface area contributed by atoms with Gasteiger partial charge in [-0.3, -0.25) is 4.90 Å². The van der Waals surface area contributed by atoms with Crippen molar-refractivity contribution in [1.82, 2.24) is 4.90 Å². The molecule has 5 rings (SSSR count). The number of hydrogen-bond acceptors (Lipinski definition) is 3. The highest BCUT2D eigenvalue weighted by Crippen LogP contribution is 2.43. The van der Waals surface area contributed by atoms with Gasteiger partial charge in [0.1, 0.15) is 24.7 Å². The lowest BCUT2D eigenvalue weighted by Gasteiger charge is -2.40. The van der Waals surface area contributed by atoms with E-state index in [0.717, 1.165) is 35.6 Å². The van der Waals surface area contributed by atoms with Gasteiger partial charge in [-0.15, -0.1) is 0 Å². The molecule has 0 bridgehead atoms. The molecule has 1 heterocycles. The van der Waals surface area contributed by atoms with E-state index < -0.39 is 0 Å². The summed E-state index contributed by atoms with van der Waals surface area (Å²) in [4.78, 5) is 2.58. The maximum Gasteiger partial charge on any atom is 0.128 e. The van der Waals surface area contributed by atoms with Crippen molar-refractivity contribution >= 4 is 0 Å². The van der Waals surface area contributed by atoms with Gasteiger partial charge in [0.15, 0.2) is 0 Å². The van der Waals surface area contributed by atoms with Gasteiger partial charge in [-0.05, 0) is 48.6 Å². The van der Waals surface area contributed by atoms with E-state index in [1.165, 1.54) is 16.7 Å². The van der Waals surface area contributed by atoms with E-state index in [0.29, 0.717) is 19.3 Å². The molecule has 0 fully saturated rings. The van der Waals surface area contributed by atoms with Crippen LogP contribution in [0, 0.1) is 0 Å². The number of nitrogens with zero attached hydrogens (tertiary/aromatic N) is 1. The lowest BCUT2D eigenvalue weighted by atomic mass is 9.90. The first kappa shape index (κ1) is 23.2. The molecule has 0 unspecified atom stereocenters. The highest BCUT2D eigenvalue weighted by atomic mass is 16.5. The first-order valence-electron chi connectivity index (χ1n) is 12.5. The molecule has 0 amide bonds. The minimum atomic E-state index is 0.239. The molecule has 3 heteroatoms. The minimum absolute atomic E-state index is 0.239. The Morgan fingerprint density at radius 1 is 0.771 bits per heavy atom. The molecule has 3 nitrogen and oxygen atoms in total. The standard InChI is InChI=1S/C32H33NO2/c1-24(28-16-10-5-11-17-28)33-19-18-29-20-30(34-22-26-12-6-3-7-13-26)21-31(32(29)25(33)2)35-23-27-14-8-4-9-15-27/h3-17,20-21,24-25H,18-19,22-23H2,1-2H3/t24-,25-/m1/s1. The monoisotopic (exact) mass is 463 g/mol. The Hall–Kier alpha value is -3.56. The molecule has 178 valence electrons. The molecule has 0 saturated heterocycles. The summed E-state index contributed by atoms with van der Waals surface area (Å²) >= 11 is 0. The molecule has 0 aromatic heterocycles. The lowest BCUT2D eigenvalue weighted by Crippen LogP contribution is -2.36. The topological polar surface area (TPSA) is 21.7 Å². The SMILES string of the molecule is C[C@H](c1ccccc1)N1CCc2cc(OCc3ccccc3)cc(OCc3ccccc3)c2[C@H]1C. The molecule has 0 aliphatic carbocycles. The van der Waals surface area contributed by atoms with Crippen molar-refractivity contribution in [1.29, 1.82) is 0 Å². The van der Waals surface area contributed by atoms with Crippen LogP contribution in [0.2, 0.25) is 0 Å². The van der Waals surface area contributed by atoms with Crippen LogP contribution < -0.4 is 9.47 Å². The number of hydrogen-bond donors (Lipinski definition) is 0. The second kappa shape index (κ2) is 10.8. The van der Waals surface area contributed by atoms with Crippen molar-refractivity contribution in [3.05, 3.63) is 131 Å². The molecule has 0 radical (unpaired) electrons. The lowest BCUT2D eigenvalue weighted by molar-refractivity contribution is 0.139. The highest BCUT2D eigenvalue weighted by Gasteiger charge is 2.31. The van der Waals surface area contributed by atoms with E-state index in [2.05, 4.69) is 97.6 Å². The highest BCUT2D eigenvalue weighted by molar-refractivity contribution is 5.50. The van der Waals surface area contributed by atoms with Crippen molar-refractivity contribution in [3.8, 4) is 11.5 Å². The van der Waals surface area contributed by atoms with Gasteiger partial charge in [0, 0.05) is 30.3 Å². The number of fused-ring (bicyclic) bond motifs is 1. The average molecular weight is 464 g/mol. The van der Waals surface area contributed by atoms with Crippen molar-refractivity contribution in [2.75, 3.05) is 6.54 Å². The molecule has 0 N–H and O–H groups in total. The van der Waals surface area contributed by atoms with Gasteiger partial charge in [0.25, 0.3) is 0 Å². The molecule has 2 atom stereocenters. The first-order valence-corrected chi connectivity index (χ1v) is 12.5. The van der Waals surface area contributed by atoms with Crippen LogP contribution in [0.15, 0.2) is 103 Å². The van der Waals surface area contributed by atoms with Crippen LogP contribution in [0.4, 0.5) is 0 Å². The van der Waals surface area contributed by atoms with Crippen molar-refractivity contribution in [2.24, 2.45) is 0 Å². The zero-order valence-corrected chi connectivity index (χ0v) is 20.6. The van der Waals surface area contributed by atoms with E-state index in [-0.39, 0.29) is 6.04 Å². The van der Waals surface area contributed by atoms with Crippen LogP contribution in [0.25, 0.3) is 0 Å². The van der Waals surface area contributed by atoms with E-state index in [9.17, 15) is 0 Å². The molecule has 0 saturated carbocycles. The number of rotatable bonds is 8. The first-order chi connectivity index (χ1) is 17.2. The van der Waals surface area contributed by atoms with Gasteiger partial charge in [-0.1, -0.05) is 91.0 Å². The van der Waals surface area contributed by atoms with Gasteiger partial charge in [-0.25, -0.2) is 0 Å². The smallest absolute Gasteiger partial charge is 0.128 e. The second-order valence-corrected chi connectivity index (χ2v) is 9.29. The fraction of sp³-hybridized carbons (Fsp3) is 0.250. The Morgan fingerprint density at radius 2 is 1.34 bits per heavy atom. The van der Waals surface area contributed by atoms with Gasteiger partial charge < -0.3 is 9.47 Å². The third-order valence-electron chi connectivity index (χ3n) is 7.02. The Balaban J connectivity index is 1.43. The van der Waals surface area contributed by atoms with Crippen LogP contribution in [0.5, 0.6) is 11.5 Å². The van der Waals surface area contributed by atoms with Gasteiger partial charge >= 0.3 is 0 Å². The van der Waals surface area contributed by atoms with Gasteiger partial charge in [-0.2, -0.15) is 0 Å². The molecule has 1 aliphatic heterocycles. The summed E-state index contributed by atoms with van der Waals surface area (Å²) < 4.78 is 12.7. The zero-order chi connectivity index (χ0) is 24.0. The van der Waals surface area contributed by atoms with Crippen LogP contribution in [-0.4, -0.2) is 11.4 Å². The molecule has 1 aliphatic rings. The van der Waals surface area contributed by atoms with E-state index in [1.807, 2.05) is 24.3 Å². The fourth-order valence-corrected chi connectivity index (χ4v) is 5.08. The van der Waals surface area contributed by atoms with Crippen LogP contribution in [0.3, 0.4) is 0 Å². The summed E-state index contributed by atoms with van der Waals surface area (Å²) in [6.45, 7) is 6.70. The van der Waals surface area contributed by atoms with Gasteiger partial charge in [0.2, 0.25) is 0 Å². The summed E-state index contributed by atoms with van der Waals surface area (Å²) in [6.07, 6.45) is 0.973. The molecular formula is C32H33NO2. The summed E-state index contributed by atoms with van der Waals surface area (Å²) in [7, 11) is 0. The minimum Gasteiger partial charge on any atom is -0.489 e. The largest absolute Gasteiger partial charge is 0.489 e. The summed E-state index contributed by atoms with van der Waals surface area (Å²) in [6, 6.07) is 36.3. The third-order valence-corrected chi connectivity index (χ3v) is 7.02. The molecule has 4 aromatic rings. The zero-order valence-electron chi connectivity index (χ0n) is 20.6. The van der Waals surface area contributed by atoms with E-state index in [4.69, 9.17) is 9.47 Å². The quantitative estimate of drug-likeness (QED) is 0.270. The Kier molecular flexibility index (Phi) is 7.15. The van der Waals surface area contributed by atoms with Crippen molar-refractivity contribution in [2.45, 2.75) is 45.6 Å². The Labute approximate surface area is 209 Å². The van der Waals surface area contributed by atoms with Crippen LogP contribution >= 0.6 is 0 Å². The summed E-state index contributed by atoms with van der Waals surface area (Å²) in [5, 5.41) is 0. The number of benzene rings is 4. The number of ether oxygens (including phenoxy) is 2. The molecule has 35 heavy (non-hydrogen) atoms. The third kappa shape index (κ3) is 5.41. The van der Waals surface area contributed by atoms with E-state index in [1.54, 1.807) is 0 Å². The Bertz CT molecular complexity index is 1220. The van der Waals surface area contributed by atoms with Gasteiger partial charge in [0.05, 0.1) is 0 Å². The van der Waals surface area contributed by atoms with Crippen molar-refractivity contribution in [3.63, 3.8) is 0 Å². The normalized spacial score (nSPS) is 16.3. The molecular weight excluding hydrogens is 430 g/mol. The van der Waals surface area contributed by atoms with Crippen LogP contribution in [0.1, 0.15) is 53.7 Å². The van der Waals surface area contributed by atoms with Crippen LogP contribution in [-0.2, 0) is 19.6 Å². The summed E-state index contributed by atoms with van der Waals surface area (Å²) in [5.41, 5.74) is 6.27. The van der Waals surface area contributed by atoms with E-state index >= 15 is 0 Å². The predicted molar refractivity (Wildman–Crippen MR) is 142 cm³/mol. The maximum atomic E-state index is 6.48. The second-order valence-electron chi connectivity index (χ2n) is 9.29. The summed E-state index contributed by atoms with van der Waals surface area (Å²) in [5.74, 6) is 1.79. The predicted octanol–water partition coefficient (Wildman–Crippen LogP) is 7.52. The Morgan fingerprint density at radius 3 is 1.97 bits per heavy atom. The maximum absolute atomic E-state index is 6.48.